The molecule has 0 unspecified atom stereocenters. The summed E-state index contributed by atoms with van der Waals surface area (Å²) in [5, 5.41) is 0.484. The first kappa shape index (κ1) is 11.6. The highest BCUT2D eigenvalue weighted by Crippen LogP contribution is 2.24. The van der Waals surface area contributed by atoms with Crippen LogP contribution in [-0.2, 0) is 4.79 Å². The van der Waals surface area contributed by atoms with Gasteiger partial charge in [0.05, 0.1) is 5.56 Å². The van der Waals surface area contributed by atoms with E-state index in [0.717, 1.165) is 6.42 Å². The van der Waals surface area contributed by atoms with Crippen LogP contribution in [0, 0.1) is 0 Å². The van der Waals surface area contributed by atoms with Crippen molar-refractivity contribution in [3.63, 3.8) is 0 Å². The smallest absolute Gasteiger partial charge is 0.261 e. The van der Waals surface area contributed by atoms with E-state index >= 15 is 0 Å². The Balaban J connectivity index is 2.33. The van der Waals surface area contributed by atoms with Gasteiger partial charge < -0.3 is 0 Å². The van der Waals surface area contributed by atoms with Gasteiger partial charge in [-0.15, -0.1) is 0 Å². The van der Waals surface area contributed by atoms with Gasteiger partial charge in [0, 0.05) is 22.5 Å². The SMILES string of the molecule is O=C1CCCN1C(=O)c1cc(Cl)ccc1Br. The summed E-state index contributed by atoms with van der Waals surface area (Å²) in [5.74, 6) is -0.395. The molecule has 0 saturated carbocycles. The van der Waals surface area contributed by atoms with Gasteiger partial charge >= 0.3 is 0 Å². The number of halogens is 2. The van der Waals surface area contributed by atoms with Gasteiger partial charge in [-0.2, -0.15) is 0 Å². The molecule has 0 bridgehead atoms. The predicted molar refractivity (Wildman–Crippen MR) is 64.4 cm³/mol. The van der Waals surface area contributed by atoms with Gasteiger partial charge in [-0.05, 0) is 40.5 Å². The van der Waals surface area contributed by atoms with Crippen LogP contribution in [0.5, 0.6) is 0 Å². The average Bonchev–Trinajstić information content (AvgIpc) is 2.67. The van der Waals surface area contributed by atoms with Gasteiger partial charge in [-0.1, -0.05) is 11.6 Å². The molecular formula is C11H9BrClNO2. The van der Waals surface area contributed by atoms with Crippen molar-refractivity contribution in [1.82, 2.24) is 4.90 Å². The van der Waals surface area contributed by atoms with E-state index in [2.05, 4.69) is 15.9 Å². The Kier molecular flexibility index (Phi) is 3.30. The van der Waals surface area contributed by atoms with Crippen molar-refractivity contribution in [2.24, 2.45) is 0 Å². The quantitative estimate of drug-likeness (QED) is 0.748. The van der Waals surface area contributed by atoms with E-state index in [1.165, 1.54) is 4.90 Å². The summed E-state index contributed by atoms with van der Waals surface area (Å²) in [5.41, 5.74) is 0.433. The highest BCUT2D eigenvalue weighted by atomic mass is 79.9. The highest BCUT2D eigenvalue weighted by molar-refractivity contribution is 9.10. The van der Waals surface area contributed by atoms with Crippen LogP contribution < -0.4 is 0 Å². The van der Waals surface area contributed by atoms with Gasteiger partial charge in [0.25, 0.3) is 5.91 Å². The normalized spacial score (nSPS) is 15.6. The molecule has 0 N–H and O–H groups in total. The van der Waals surface area contributed by atoms with Gasteiger partial charge in [0.2, 0.25) is 5.91 Å². The zero-order valence-corrected chi connectivity index (χ0v) is 10.7. The number of hydrogen-bond donors (Lipinski definition) is 0. The van der Waals surface area contributed by atoms with Gasteiger partial charge in [0.15, 0.2) is 0 Å². The molecule has 0 aromatic heterocycles. The lowest BCUT2D eigenvalue weighted by atomic mass is 10.2. The number of amides is 2. The maximum absolute atomic E-state index is 12.0. The van der Waals surface area contributed by atoms with Crippen LogP contribution in [0.4, 0.5) is 0 Å². The second-order valence-electron chi connectivity index (χ2n) is 3.58. The lowest BCUT2D eigenvalue weighted by Gasteiger charge is -2.14. The van der Waals surface area contributed by atoms with Crippen LogP contribution in [-0.4, -0.2) is 23.3 Å². The lowest BCUT2D eigenvalue weighted by molar-refractivity contribution is -0.125. The summed E-state index contributed by atoms with van der Waals surface area (Å²) in [6, 6.07) is 4.96. The number of carbonyl (C=O) groups is 2. The van der Waals surface area contributed by atoms with E-state index in [1.807, 2.05) is 0 Å². The molecule has 0 aliphatic carbocycles. The molecule has 2 rings (SSSR count). The van der Waals surface area contributed by atoms with Crippen LogP contribution in [0.25, 0.3) is 0 Å². The van der Waals surface area contributed by atoms with Crippen molar-refractivity contribution in [1.29, 1.82) is 0 Å². The summed E-state index contributed by atoms with van der Waals surface area (Å²) in [7, 11) is 0. The molecular weight excluding hydrogens is 293 g/mol. The molecule has 1 aliphatic rings. The van der Waals surface area contributed by atoms with Crippen LogP contribution >= 0.6 is 27.5 Å². The van der Waals surface area contributed by atoms with Crippen molar-refractivity contribution >= 4 is 39.3 Å². The second kappa shape index (κ2) is 4.55. The number of likely N-dealkylation sites (tertiary alicyclic amines) is 1. The first-order valence-corrected chi connectivity index (χ1v) is 6.06. The molecule has 16 heavy (non-hydrogen) atoms. The topological polar surface area (TPSA) is 37.4 Å². The van der Waals surface area contributed by atoms with E-state index < -0.39 is 0 Å². The summed E-state index contributed by atoms with van der Waals surface area (Å²) in [6.45, 7) is 0.497. The Morgan fingerprint density at radius 1 is 1.44 bits per heavy atom. The predicted octanol–water partition coefficient (Wildman–Crippen LogP) is 2.87. The van der Waals surface area contributed by atoms with Crippen LogP contribution in [0.1, 0.15) is 23.2 Å². The number of carbonyl (C=O) groups excluding carboxylic acids is 2. The molecule has 1 aliphatic heterocycles. The third-order valence-electron chi connectivity index (χ3n) is 2.48. The van der Waals surface area contributed by atoms with Crippen molar-refractivity contribution in [2.75, 3.05) is 6.54 Å². The number of nitrogens with zero attached hydrogens (tertiary/aromatic N) is 1. The number of benzene rings is 1. The number of hydrogen-bond acceptors (Lipinski definition) is 2. The molecule has 3 nitrogen and oxygen atoms in total. The Hall–Kier alpha value is -0.870. The van der Waals surface area contributed by atoms with E-state index in [9.17, 15) is 9.59 Å². The molecule has 1 heterocycles. The first-order valence-electron chi connectivity index (χ1n) is 4.89. The molecule has 0 atom stereocenters. The average molecular weight is 303 g/mol. The first-order chi connectivity index (χ1) is 7.59. The number of rotatable bonds is 1. The molecule has 1 fully saturated rings. The van der Waals surface area contributed by atoms with Crippen LogP contribution in [0.3, 0.4) is 0 Å². The molecule has 84 valence electrons. The fourth-order valence-corrected chi connectivity index (χ4v) is 2.26. The third-order valence-corrected chi connectivity index (χ3v) is 3.40. The molecule has 0 radical (unpaired) electrons. The second-order valence-corrected chi connectivity index (χ2v) is 4.87. The minimum atomic E-state index is -0.281. The fourth-order valence-electron chi connectivity index (χ4n) is 1.67. The highest BCUT2D eigenvalue weighted by Gasteiger charge is 2.28. The van der Waals surface area contributed by atoms with E-state index in [4.69, 9.17) is 11.6 Å². The van der Waals surface area contributed by atoms with E-state index in [1.54, 1.807) is 18.2 Å². The maximum atomic E-state index is 12.0. The Bertz CT molecular complexity index is 461. The minimum absolute atomic E-state index is 0.114. The largest absolute Gasteiger partial charge is 0.278 e. The standard InChI is InChI=1S/C11H9BrClNO2/c12-9-4-3-7(13)6-8(9)11(16)14-5-1-2-10(14)15/h3-4,6H,1-2,5H2. The van der Waals surface area contributed by atoms with Crippen LogP contribution in [0.2, 0.25) is 5.02 Å². The van der Waals surface area contributed by atoms with Crippen molar-refractivity contribution in [3.8, 4) is 0 Å². The summed E-state index contributed by atoms with van der Waals surface area (Å²) < 4.78 is 0.654. The molecule has 1 aromatic carbocycles. The Morgan fingerprint density at radius 3 is 2.81 bits per heavy atom. The minimum Gasteiger partial charge on any atom is -0.278 e. The van der Waals surface area contributed by atoms with Crippen molar-refractivity contribution in [2.45, 2.75) is 12.8 Å². The zero-order chi connectivity index (χ0) is 11.7. The Morgan fingerprint density at radius 2 is 2.19 bits per heavy atom. The fraction of sp³-hybridized carbons (Fsp3) is 0.273. The number of imide groups is 1. The maximum Gasteiger partial charge on any atom is 0.261 e. The Labute approximate surface area is 107 Å². The zero-order valence-electron chi connectivity index (χ0n) is 8.37. The van der Waals surface area contributed by atoms with Crippen molar-refractivity contribution < 1.29 is 9.59 Å². The van der Waals surface area contributed by atoms with Crippen LogP contribution in [0.15, 0.2) is 22.7 Å². The summed E-state index contributed by atoms with van der Waals surface area (Å²) in [6.07, 6.45) is 1.19. The molecule has 1 aromatic rings. The monoisotopic (exact) mass is 301 g/mol. The molecule has 5 heteroatoms. The lowest BCUT2D eigenvalue weighted by Crippen LogP contribution is -2.32. The van der Waals surface area contributed by atoms with E-state index in [0.29, 0.717) is 28.0 Å². The molecule has 2 amide bonds. The summed E-state index contributed by atoms with van der Waals surface area (Å²) >= 11 is 9.11. The van der Waals surface area contributed by atoms with E-state index in [-0.39, 0.29) is 11.8 Å². The van der Waals surface area contributed by atoms with Gasteiger partial charge in [-0.3, -0.25) is 14.5 Å². The van der Waals surface area contributed by atoms with Gasteiger partial charge in [-0.25, -0.2) is 0 Å². The third kappa shape index (κ3) is 2.13. The molecule has 0 spiro atoms. The summed E-state index contributed by atoms with van der Waals surface area (Å²) in [4.78, 5) is 24.8. The molecule has 1 saturated heterocycles. The van der Waals surface area contributed by atoms with Crippen molar-refractivity contribution in [3.05, 3.63) is 33.3 Å². The van der Waals surface area contributed by atoms with Gasteiger partial charge in [0.1, 0.15) is 0 Å².